The summed E-state index contributed by atoms with van der Waals surface area (Å²) in [6.45, 7) is 2.22. The Morgan fingerprint density at radius 2 is 1.55 bits per heavy atom. The van der Waals surface area contributed by atoms with Gasteiger partial charge in [0.15, 0.2) is 0 Å². The van der Waals surface area contributed by atoms with E-state index < -0.39 is 0 Å². The van der Waals surface area contributed by atoms with Gasteiger partial charge < -0.3 is 0 Å². The van der Waals surface area contributed by atoms with Gasteiger partial charge in [0.25, 0.3) is 0 Å². The van der Waals surface area contributed by atoms with E-state index in [2.05, 4.69) is 73.7 Å². The molecular formula is C22H16. The Bertz CT molecular complexity index is 994. The minimum Gasteiger partial charge on any atom is -0.0683 e. The quantitative estimate of drug-likeness (QED) is 0.419. The lowest BCUT2D eigenvalue weighted by atomic mass is 9.93. The molecular weight excluding hydrogens is 264 g/mol. The fourth-order valence-corrected chi connectivity index (χ4v) is 3.94. The molecule has 0 saturated carbocycles. The Morgan fingerprint density at radius 3 is 2.45 bits per heavy atom. The third-order valence-corrected chi connectivity index (χ3v) is 4.87. The van der Waals surface area contributed by atoms with E-state index in [0.717, 1.165) is 6.42 Å². The fraction of sp³-hybridized carbons (Fsp3) is 0.0909. The van der Waals surface area contributed by atoms with Crippen molar-refractivity contribution in [1.29, 1.82) is 0 Å². The van der Waals surface area contributed by atoms with Gasteiger partial charge in [-0.2, -0.15) is 0 Å². The molecule has 3 aromatic carbocycles. The van der Waals surface area contributed by atoms with Crippen molar-refractivity contribution >= 4 is 28.5 Å². The second-order valence-electron chi connectivity index (χ2n) is 6.35. The molecule has 2 aliphatic carbocycles. The first-order chi connectivity index (χ1) is 10.8. The summed E-state index contributed by atoms with van der Waals surface area (Å²) in [5.74, 6) is 0. The lowest BCUT2D eigenvalue weighted by Crippen LogP contribution is -1.91. The summed E-state index contributed by atoms with van der Waals surface area (Å²) in [6, 6.07) is 19.9. The van der Waals surface area contributed by atoms with Gasteiger partial charge >= 0.3 is 0 Å². The van der Waals surface area contributed by atoms with Crippen LogP contribution >= 0.6 is 0 Å². The van der Waals surface area contributed by atoms with Crippen LogP contribution in [0.25, 0.3) is 28.5 Å². The van der Waals surface area contributed by atoms with Crippen molar-refractivity contribution in [1.82, 2.24) is 0 Å². The molecule has 3 aromatic rings. The first-order valence-corrected chi connectivity index (χ1v) is 7.84. The Morgan fingerprint density at radius 1 is 0.773 bits per heavy atom. The van der Waals surface area contributed by atoms with Crippen LogP contribution in [-0.4, -0.2) is 0 Å². The zero-order valence-corrected chi connectivity index (χ0v) is 12.6. The van der Waals surface area contributed by atoms with E-state index in [9.17, 15) is 0 Å². The van der Waals surface area contributed by atoms with Crippen molar-refractivity contribution < 1.29 is 0 Å². The normalized spacial score (nSPS) is 15.0. The highest BCUT2D eigenvalue weighted by atomic mass is 14.2. The van der Waals surface area contributed by atoms with E-state index in [4.69, 9.17) is 0 Å². The summed E-state index contributed by atoms with van der Waals surface area (Å²) < 4.78 is 0. The molecule has 104 valence electrons. The average Bonchev–Trinajstić information content (AvgIpc) is 3.09. The largest absolute Gasteiger partial charge is 0.0683 e. The first-order valence-electron chi connectivity index (χ1n) is 7.84. The topological polar surface area (TPSA) is 0 Å². The van der Waals surface area contributed by atoms with Gasteiger partial charge in [0, 0.05) is 0 Å². The van der Waals surface area contributed by atoms with E-state index >= 15 is 0 Å². The van der Waals surface area contributed by atoms with Crippen LogP contribution < -0.4 is 0 Å². The maximum absolute atomic E-state index is 2.36. The van der Waals surface area contributed by atoms with Crippen molar-refractivity contribution in [3.05, 3.63) is 88.0 Å². The number of allylic oxidation sites excluding steroid dienone is 1. The van der Waals surface area contributed by atoms with Crippen LogP contribution in [0.1, 0.15) is 34.7 Å². The standard InChI is InChI=1S/C22H16/c1-14-11-16-7-4-9-18(20(16)12-14)21-13-17-8-2-5-15-6-3-10-19(21)22(15)17/h2-10,12-13H,11H2,1H3. The van der Waals surface area contributed by atoms with Gasteiger partial charge in [-0.1, -0.05) is 66.2 Å². The van der Waals surface area contributed by atoms with Gasteiger partial charge in [-0.15, -0.1) is 0 Å². The number of fused-ring (bicyclic) bond motifs is 1. The van der Waals surface area contributed by atoms with Crippen molar-refractivity contribution in [2.45, 2.75) is 13.3 Å². The molecule has 0 radical (unpaired) electrons. The van der Waals surface area contributed by atoms with Crippen LogP contribution in [0, 0.1) is 0 Å². The monoisotopic (exact) mass is 280 g/mol. The van der Waals surface area contributed by atoms with Crippen LogP contribution in [0.3, 0.4) is 0 Å². The summed E-state index contributed by atoms with van der Waals surface area (Å²) in [5.41, 5.74) is 9.79. The second kappa shape index (κ2) is 4.20. The van der Waals surface area contributed by atoms with E-state index in [1.807, 2.05) is 0 Å². The third kappa shape index (κ3) is 1.52. The Hall–Kier alpha value is -2.60. The molecule has 0 fully saturated rings. The second-order valence-corrected chi connectivity index (χ2v) is 6.35. The van der Waals surface area contributed by atoms with E-state index in [1.54, 1.807) is 0 Å². The molecule has 2 aliphatic rings. The molecule has 22 heavy (non-hydrogen) atoms. The average molecular weight is 280 g/mol. The third-order valence-electron chi connectivity index (χ3n) is 4.87. The SMILES string of the molecule is CC1=Cc2c(cccc2C2=Cc3cccc4cccc2c34)C1. The lowest BCUT2D eigenvalue weighted by Gasteiger charge is -2.10. The van der Waals surface area contributed by atoms with Gasteiger partial charge in [0.2, 0.25) is 0 Å². The number of hydrogen-bond donors (Lipinski definition) is 0. The molecule has 0 spiro atoms. The molecule has 0 unspecified atom stereocenters. The molecule has 0 aliphatic heterocycles. The molecule has 0 nitrogen and oxygen atoms in total. The van der Waals surface area contributed by atoms with Crippen LogP contribution in [0.4, 0.5) is 0 Å². The van der Waals surface area contributed by atoms with Crippen LogP contribution in [-0.2, 0) is 6.42 Å². The van der Waals surface area contributed by atoms with Gasteiger partial charge in [-0.05, 0) is 63.6 Å². The van der Waals surface area contributed by atoms with Gasteiger partial charge in [0.1, 0.15) is 0 Å². The fourth-order valence-electron chi connectivity index (χ4n) is 3.94. The van der Waals surface area contributed by atoms with Crippen molar-refractivity contribution in [2.24, 2.45) is 0 Å². The minimum atomic E-state index is 1.09. The maximum atomic E-state index is 2.36. The molecule has 0 N–H and O–H groups in total. The van der Waals surface area contributed by atoms with Gasteiger partial charge in [-0.25, -0.2) is 0 Å². The zero-order valence-electron chi connectivity index (χ0n) is 12.6. The molecule has 0 bridgehead atoms. The van der Waals surface area contributed by atoms with E-state index in [-0.39, 0.29) is 0 Å². The molecule has 0 heterocycles. The van der Waals surface area contributed by atoms with E-state index in [0.29, 0.717) is 0 Å². The molecule has 0 aromatic heterocycles. The Kier molecular flexibility index (Phi) is 2.29. The van der Waals surface area contributed by atoms with Crippen LogP contribution in [0.5, 0.6) is 0 Å². The molecule has 5 rings (SSSR count). The molecule has 0 heteroatoms. The summed E-state index contributed by atoms with van der Waals surface area (Å²) in [6.07, 6.45) is 5.80. The molecule has 0 saturated heterocycles. The van der Waals surface area contributed by atoms with Gasteiger partial charge in [-0.3, -0.25) is 0 Å². The predicted molar refractivity (Wildman–Crippen MR) is 94.7 cm³/mol. The first kappa shape index (κ1) is 12.0. The smallest absolute Gasteiger partial charge is 0.00324 e. The van der Waals surface area contributed by atoms with Crippen molar-refractivity contribution in [2.75, 3.05) is 0 Å². The Labute approximate surface area is 130 Å². The molecule has 0 amide bonds. The van der Waals surface area contributed by atoms with Crippen LogP contribution in [0.15, 0.2) is 60.2 Å². The summed E-state index contributed by atoms with van der Waals surface area (Å²) in [7, 11) is 0. The Balaban J connectivity index is 1.81. The molecule has 0 atom stereocenters. The number of benzene rings is 3. The summed E-state index contributed by atoms with van der Waals surface area (Å²) in [5, 5.41) is 2.73. The van der Waals surface area contributed by atoms with E-state index in [1.165, 1.54) is 49.7 Å². The highest BCUT2D eigenvalue weighted by molar-refractivity contribution is 6.13. The van der Waals surface area contributed by atoms with Crippen molar-refractivity contribution in [3.63, 3.8) is 0 Å². The lowest BCUT2D eigenvalue weighted by molar-refractivity contribution is 1.19. The summed E-state index contributed by atoms with van der Waals surface area (Å²) in [4.78, 5) is 0. The maximum Gasteiger partial charge on any atom is -0.00324 e. The number of hydrogen-bond acceptors (Lipinski definition) is 0. The summed E-state index contributed by atoms with van der Waals surface area (Å²) >= 11 is 0. The predicted octanol–water partition coefficient (Wildman–Crippen LogP) is 5.70. The van der Waals surface area contributed by atoms with Gasteiger partial charge in [0.05, 0.1) is 0 Å². The highest BCUT2D eigenvalue weighted by Crippen LogP contribution is 2.42. The van der Waals surface area contributed by atoms with Crippen molar-refractivity contribution in [3.8, 4) is 0 Å². The number of rotatable bonds is 1. The minimum absolute atomic E-state index is 1.09. The van der Waals surface area contributed by atoms with Crippen LogP contribution in [0.2, 0.25) is 0 Å². The highest BCUT2D eigenvalue weighted by Gasteiger charge is 2.21. The zero-order chi connectivity index (χ0) is 14.7.